The summed E-state index contributed by atoms with van der Waals surface area (Å²) < 4.78 is 0.989. The normalized spacial score (nSPS) is 13.7. The molecular formula is C17H16BrClO2. The van der Waals surface area contributed by atoms with Crippen LogP contribution in [0, 0.1) is 5.92 Å². The van der Waals surface area contributed by atoms with Crippen LogP contribution in [-0.2, 0) is 11.2 Å². The van der Waals surface area contributed by atoms with Gasteiger partial charge in [-0.25, -0.2) is 0 Å². The molecule has 4 heteroatoms. The lowest BCUT2D eigenvalue weighted by atomic mass is 9.83. The summed E-state index contributed by atoms with van der Waals surface area (Å²) in [6, 6.07) is 15.2. The molecule has 0 aromatic heterocycles. The highest BCUT2D eigenvalue weighted by Gasteiger charge is 2.26. The molecule has 2 aromatic rings. The molecule has 0 radical (unpaired) electrons. The molecule has 0 fully saturated rings. The Balaban J connectivity index is 2.20. The molecule has 2 atom stereocenters. The lowest BCUT2D eigenvalue weighted by molar-refractivity contribution is -0.142. The van der Waals surface area contributed by atoms with Crippen LogP contribution in [0.3, 0.4) is 0 Å². The van der Waals surface area contributed by atoms with Gasteiger partial charge in [-0.1, -0.05) is 58.7 Å². The summed E-state index contributed by atoms with van der Waals surface area (Å²) in [6.07, 6.45) is 0.490. The van der Waals surface area contributed by atoms with Crippen molar-refractivity contribution in [2.45, 2.75) is 19.3 Å². The van der Waals surface area contributed by atoms with Crippen molar-refractivity contribution in [1.82, 2.24) is 0 Å². The topological polar surface area (TPSA) is 37.3 Å². The fourth-order valence-corrected chi connectivity index (χ4v) is 2.74. The van der Waals surface area contributed by atoms with Gasteiger partial charge >= 0.3 is 5.97 Å². The highest BCUT2D eigenvalue weighted by Crippen LogP contribution is 2.29. The van der Waals surface area contributed by atoms with E-state index in [0.29, 0.717) is 11.4 Å². The van der Waals surface area contributed by atoms with E-state index in [-0.39, 0.29) is 5.92 Å². The van der Waals surface area contributed by atoms with Crippen molar-refractivity contribution in [3.63, 3.8) is 0 Å². The van der Waals surface area contributed by atoms with Crippen molar-refractivity contribution in [2.75, 3.05) is 0 Å². The fourth-order valence-electron chi connectivity index (χ4n) is 2.35. The SMILES string of the molecule is CC(c1ccc(Br)cc1)C(Cc1ccc(Cl)cc1)C(=O)O. The zero-order chi connectivity index (χ0) is 15.4. The average molecular weight is 368 g/mol. The van der Waals surface area contributed by atoms with E-state index in [2.05, 4.69) is 15.9 Å². The van der Waals surface area contributed by atoms with E-state index in [1.54, 1.807) is 12.1 Å². The van der Waals surface area contributed by atoms with Gasteiger partial charge in [0.2, 0.25) is 0 Å². The summed E-state index contributed by atoms with van der Waals surface area (Å²) >= 11 is 9.26. The molecule has 0 amide bonds. The van der Waals surface area contributed by atoms with Crippen LogP contribution in [0.5, 0.6) is 0 Å². The minimum atomic E-state index is -0.777. The second-order valence-electron chi connectivity index (χ2n) is 5.12. The van der Waals surface area contributed by atoms with Crippen LogP contribution < -0.4 is 0 Å². The minimum absolute atomic E-state index is 0.0636. The van der Waals surface area contributed by atoms with Crippen molar-refractivity contribution in [2.24, 2.45) is 5.92 Å². The highest BCUT2D eigenvalue weighted by atomic mass is 79.9. The summed E-state index contributed by atoms with van der Waals surface area (Å²) in [5.41, 5.74) is 2.01. The van der Waals surface area contributed by atoms with Crippen LogP contribution in [0.2, 0.25) is 5.02 Å². The van der Waals surface area contributed by atoms with Gasteiger partial charge in [0.15, 0.2) is 0 Å². The van der Waals surface area contributed by atoms with Crippen LogP contribution >= 0.6 is 27.5 Å². The molecule has 2 nitrogen and oxygen atoms in total. The van der Waals surface area contributed by atoms with Crippen molar-refractivity contribution in [3.05, 3.63) is 69.2 Å². The number of halogens is 2. The quantitative estimate of drug-likeness (QED) is 0.793. The van der Waals surface area contributed by atoms with E-state index in [9.17, 15) is 9.90 Å². The second kappa shape index (κ2) is 7.10. The lowest BCUT2D eigenvalue weighted by Crippen LogP contribution is -2.22. The standard InChI is InChI=1S/C17H16BrClO2/c1-11(13-4-6-14(18)7-5-13)16(17(20)21)10-12-2-8-15(19)9-3-12/h2-9,11,16H,10H2,1H3,(H,20,21). The molecule has 0 aliphatic rings. The number of carbonyl (C=O) groups is 1. The van der Waals surface area contributed by atoms with E-state index in [1.165, 1.54) is 0 Å². The van der Waals surface area contributed by atoms with Crippen LogP contribution in [0.1, 0.15) is 24.0 Å². The number of aliphatic carboxylic acids is 1. The number of hydrogen-bond acceptors (Lipinski definition) is 1. The molecule has 110 valence electrons. The monoisotopic (exact) mass is 366 g/mol. The number of carboxylic acid groups (broad SMARTS) is 1. The molecule has 0 spiro atoms. The van der Waals surface area contributed by atoms with Gasteiger partial charge in [0.25, 0.3) is 0 Å². The Hall–Kier alpha value is -1.32. The van der Waals surface area contributed by atoms with Crippen LogP contribution in [-0.4, -0.2) is 11.1 Å². The molecule has 0 saturated carbocycles. The van der Waals surface area contributed by atoms with Crippen LogP contribution in [0.15, 0.2) is 53.0 Å². The van der Waals surface area contributed by atoms with Crippen molar-refractivity contribution in [3.8, 4) is 0 Å². The van der Waals surface area contributed by atoms with E-state index >= 15 is 0 Å². The fraction of sp³-hybridized carbons (Fsp3) is 0.235. The van der Waals surface area contributed by atoms with Gasteiger partial charge in [-0.15, -0.1) is 0 Å². The number of carboxylic acids is 1. The Morgan fingerprint density at radius 3 is 2.24 bits per heavy atom. The molecule has 0 bridgehead atoms. The Morgan fingerprint density at radius 1 is 1.14 bits per heavy atom. The third kappa shape index (κ3) is 4.32. The first-order chi connectivity index (χ1) is 9.97. The van der Waals surface area contributed by atoms with Gasteiger partial charge in [-0.3, -0.25) is 4.79 Å². The third-order valence-corrected chi connectivity index (χ3v) is 4.47. The minimum Gasteiger partial charge on any atom is -0.481 e. The summed E-state index contributed by atoms with van der Waals surface area (Å²) in [7, 11) is 0. The Kier molecular flexibility index (Phi) is 5.43. The predicted molar refractivity (Wildman–Crippen MR) is 88.8 cm³/mol. The molecule has 1 N–H and O–H groups in total. The third-order valence-electron chi connectivity index (χ3n) is 3.69. The summed E-state index contributed by atoms with van der Waals surface area (Å²) in [5.74, 6) is -1.31. The van der Waals surface area contributed by atoms with Crippen LogP contribution in [0.4, 0.5) is 0 Å². The molecule has 0 heterocycles. The molecular weight excluding hydrogens is 352 g/mol. The first-order valence-electron chi connectivity index (χ1n) is 6.70. The largest absolute Gasteiger partial charge is 0.481 e. The Bertz CT molecular complexity index is 608. The lowest BCUT2D eigenvalue weighted by Gasteiger charge is -2.21. The Labute approximate surface area is 137 Å². The average Bonchev–Trinajstić information content (AvgIpc) is 2.46. The van der Waals surface area contributed by atoms with E-state index in [0.717, 1.165) is 15.6 Å². The van der Waals surface area contributed by atoms with Gasteiger partial charge in [0, 0.05) is 9.50 Å². The molecule has 2 rings (SSSR count). The van der Waals surface area contributed by atoms with Gasteiger partial charge in [-0.05, 0) is 47.7 Å². The second-order valence-corrected chi connectivity index (χ2v) is 6.47. The molecule has 2 aromatic carbocycles. The first-order valence-corrected chi connectivity index (χ1v) is 7.87. The molecule has 21 heavy (non-hydrogen) atoms. The van der Waals surface area contributed by atoms with E-state index < -0.39 is 11.9 Å². The first kappa shape index (κ1) is 16.1. The predicted octanol–water partition coefficient (Wildman–Crippen LogP) is 5.15. The van der Waals surface area contributed by atoms with Gasteiger partial charge < -0.3 is 5.11 Å². The van der Waals surface area contributed by atoms with Crippen molar-refractivity contribution in [1.29, 1.82) is 0 Å². The summed E-state index contributed by atoms with van der Waals surface area (Å²) in [5, 5.41) is 10.2. The highest BCUT2D eigenvalue weighted by molar-refractivity contribution is 9.10. The molecule has 0 aliphatic heterocycles. The summed E-state index contributed by atoms with van der Waals surface area (Å²) in [6.45, 7) is 1.96. The van der Waals surface area contributed by atoms with Crippen molar-refractivity contribution < 1.29 is 9.90 Å². The number of rotatable bonds is 5. The zero-order valence-corrected chi connectivity index (χ0v) is 13.9. The van der Waals surface area contributed by atoms with Crippen LogP contribution in [0.25, 0.3) is 0 Å². The van der Waals surface area contributed by atoms with E-state index in [1.807, 2.05) is 43.3 Å². The van der Waals surface area contributed by atoms with E-state index in [4.69, 9.17) is 11.6 Å². The Morgan fingerprint density at radius 2 is 1.71 bits per heavy atom. The maximum Gasteiger partial charge on any atom is 0.307 e. The number of hydrogen-bond donors (Lipinski definition) is 1. The zero-order valence-electron chi connectivity index (χ0n) is 11.6. The molecule has 0 aliphatic carbocycles. The van der Waals surface area contributed by atoms with Gasteiger partial charge in [0.1, 0.15) is 0 Å². The maximum absolute atomic E-state index is 11.6. The number of benzene rings is 2. The maximum atomic E-state index is 11.6. The smallest absolute Gasteiger partial charge is 0.307 e. The summed E-state index contributed by atoms with van der Waals surface area (Å²) in [4.78, 5) is 11.6. The molecule has 0 saturated heterocycles. The van der Waals surface area contributed by atoms with Gasteiger partial charge in [0.05, 0.1) is 5.92 Å². The van der Waals surface area contributed by atoms with Crippen molar-refractivity contribution >= 4 is 33.5 Å². The van der Waals surface area contributed by atoms with Gasteiger partial charge in [-0.2, -0.15) is 0 Å². The molecule has 2 unspecified atom stereocenters.